The largest absolute Gasteiger partial charge is 0.507 e. The first-order valence-electron chi connectivity index (χ1n) is 8.56. The monoisotopic (exact) mass is 445 g/mol. The Labute approximate surface area is 170 Å². The molecule has 7 nitrogen and oxygen atoms in total. The molecule has 0 aliphatic heterocycles. The topological polar surface area (TPSA) is 99.1 Å². The van der Waals surface area contributed by atoms with Crippen LogP contribution >= 0.6 is 20.3 Å². The maximum absolute atomic E-state index is 12.2. The third-order valence-corrected chi connectivity index (χ3v) is 5.84. The third kappa shape index (κ3) is 5.94. The molecule has 0 saturated heterocycles. The van der Waals surface area contributed by atoms with Gasteiger partial charge in [0, 0.05) is 0 Å². The average molecular weight is 445 g/mol. The van der Waals surface area contributed by atoms with Crippen LogP contribution in [-0.4, -0.2) is 49.4 Å². The molecule has 2 unspecified atom stereocenters. The summed E-state index contributed by atoms with van der Waals surface area (Å²) in [6.45, 7) is 2.12. The molecule has 0 amide bonds. The molecule has 0 spiro atoms. The first-order chi connectivity index (χ1) is 13.7. The molecule has 12 heteroatoms. The Kier molecular flexibility index (Phi) is 6.81. The molecule has 0 bridgehead atoms. The summed E-state index contributed by atoms with van der Waals surface area (Å²) < 4.78 is 43.8. The zero-order valence-corrected chi connectivity index (χ0v) is 17.2. The maximum atomic E-state index is 12.2. The third-order valence-electron chi connectivity index (χ3n) is 3.77. The summed E-state index contributed by atoms with van der Waals surface area (Å²) in [6.07, 6.45) is -3.74. The molecular weight excluding hydrogens is 426 g/mol. The molecule has 156 valence electrons. The number of imidazole rings is 1. The van der Waals surface area contributed by atoms with Gasteiger partial charge in [-0.05, 0) is 19.1 Å². The van der Waals surface area contributed by atoms with Crippen molar-refractivity contribution in [2.75, 3.05) is 18.2 Å². The molecule has 2 atom stereocenters. The van der Waals surface area contributed by atoms with Gasteiger partial charge in [-0.1, -0.05) is 32.5 Å². The summed E-state index contributed by atoms with van der Waals surface area (Å²) >= 11 is 1.22. The molecule has 2 aromatic heterocycles. The number of hydrogen-bond donors (Lipinski definition) is 2. The quantitative estimate of drug-likeness (QED) is 0.309. The number of nitrogen functional groups attached to an aromatic ring is 1. The molecule has 1 aromatic carbocycles. The second-order valence-electron chi connectivity index (χ2n) is 6.19. The van der Waals surface area contributed by atoms with Crippen molar-refractivity contribution < 1.29 is 23.0 Å². The molecule has 0 aliphatic rings. The number of ether oxygens (including phenoxy) is 1. The number of nitrogens with two attached hydrogens (primary N) is 1. The molecule has 2 heterocycles. The summed E-state index contributed by atoms with van der Waals surface area (Å²) in [5.74, 6) is 0.168. The molecule has 0 aliphatic carbocycles. The van der Waals surface area contributed by atoms with E-state index in [0.717, 1.165) is 0 Å². The fourth-order valence-electron chi connectivity index (χ4n) is 2.51. The van der Waals surface area contributed by atoms with E-state index in [4.69, 9.17) is 10.5 Å². The Hall–Kier alpha value is -2.10. The highest BCUT2D eigenvalue weighted by atomic mass is 32.2. The second-order valence-corrected chi connectivity index (χ2v) is 8.36. The zero-order valence-electron chi connectivity index (χ0n) is 15.3. The number of alkyl halides is 3. The Morgan fingerprint density at radius 1 is 1.31 bits per heavy atom. The van der Waals surface area contributed by atoms with Gasteiger partial charge in [-0.2, -0.15) is 18.2 Å². The van der Waals surface area contributed by atoms with Crippen LogP contribution in [0.1, 0.15) is 6.92 Å². The zero-order chi connectivity index (χ0) is 21.0. The predicted molar refractivity (Wildman–Crippen MR) is 107 cm³/mol. The van der Waals surface area contributed by atoms with Gasteiger partial charge in [0.15, 0.2) is 5.65 Å². The van der Waals surface area contributed by atoms with Crippen LogP contribution in [-0.2, 0) is 11.3 Å². The lowest BCUT2D eigenvalue weighted by molar-refractivity contribution is -0.106. The fraction of sp³-hybridized carbons (Fsp3) is 0.353. The van der Waals surface area contributed by atoms with Crippen molar-refractivity contribution in [2.45, 2.75) is 35.7 Å². The number of aromatic nitrogens is 4. The Bertz CT molecular complexity index is 985. The van der Waals surface area contributed by atoms with Crippen molar-refractivity contribution in [3.63, 3.8) is 0 Å². The average Bonchev–Trinajstić information content (AvgIpc) is 3.02. The minimum atomic E-state index is -4.17. The van der Waals surface area contributed by atoms with E-state index in [1.807, 2.05) is 0 Å². The van der Waals surface area contributed by atoms with Gasteiger partial charge in [-0.25, -0.2) is 9.97 Å². The van der Waals surface area contributed by atoms with Gasteiger partial charge in [0.1, 0.15) is 16.3 Å². The molecule has 3 rings (SSSR count). The maximum Gasteiger partial charge on any atom is 0.392 e. The van der Waals surface area contributed by atoms with Gasteiger partial charge in [0.25, 0.3) is 0 Å². The summed E-state index contributed by atoms with van der Waals surface area (Å²) in [5, 5.41) is 10.5. The van der Waals surface area contributed by atoms with Crippen LogP contribution in [0.4, 0.5) is 19.1 Å². The van der Waals surface area contributed by atoms with E-state index in [9.17, 15) is 18.3 Å². The number of rotatable bonds is 8. The number of nitrogens with zero attached hydrogens (tertiary/aromatic N) is 4. The summed E-state index contributed by atoms with van der Waals surface area (Å²) in [6, 6.07) is 6.83. The van der Waals surface area contributed by atoms with Crippen LogP contribution < -0.4 is 5.73 Å². The van der Waals surface area contributed by atoms with Crippen molar-refractivity contribution in [2.24, 2.45) is 0 Å². The van der Waals surface area contributed by atoms with Crippen LogP contribution in [0, 0.1) is 0 Å². The fourth-order valence-corrected chi connectivity index (χ4v) is 4.21. The van der Waals surface area contributed by atoms with Crippen LogP contribution in [0.15, 0.2) is 40.5 Å². The van der Waals surface area contributed by atoms with Crippen molar-refractivity contribution >= 4 is 37.5 Å². The van der Waals surface area contributed by atoms with E-state index >= 15 is 0 Å². The van der Waals surface area contributed by atoms with Crippen molar-refractivity contribution in [3.05, 3.63) is 30.6 Å². The van der Waals surface area contributed by atoms with Crippen LogP contribution in [0.3, 0.4) is 0 Å². The number of hydrogen-bond acceptors (Lipinski definition) is 7. The van der Waals surface area contributed by atoms with Crippen LogP contribution in [0.25, 0.3) is 11.2 Å². The molecule has 0 fully saturated rings. The number of halogens is 3. The lowest BCUT2D eigenvalue weighted by Gasteiger charge is -2.14. The van der Waals surface area contributed by atoms with E-state index < -0.39 is 12.3 Å². The lowest BCUT2D eigenvalue weighted by atomic mass is 10.3. The van der Waals surface area contributed by atoms with Gasteiger partial charge in [-0.15, -0.1) is 0 Å². The summed E-state index contributed by atoms with van der Waals surface area (Å²) in [7, 11) is -0.340. The number of fused-ring (bicyclic) bond motifs is 1. The van der Waals surface area contributed by atoms with E-state index in [1.54, 1.807) is 42.1 Å². The number of aromatic hydroxyl groups is 1. The second kappa shape index (κ2) is 9.15. The van der Waals surface area contributed by atoms with E-state index in [1.165, 1.54) is 11.8 Å². The Morgan fingerprint density at radius 3 is 2.79 bits per heavy atom. The number of para-hydroxylation sites is 1. The minimum absolute atomic E-state index is 0.0405. The smallest absolute Gasteiger partial charge is 0.392 e. The van der Waals surface area contributed by atoms with Gasteiger partial charge in [0.05, 0.1) is 36.4 Å². The van der Waals surface area contributed by atoms with E-state index in [-0.39, 0.29) is 32.7 Å². The first kappa shape index (κ1) is 21.6. The number of benzene rings is 1. The molecule has 29 heavy (non-hydrogen) atoms. The predicted octanol–water partition coefficient (Wildman–Crippen LogP) is 3.87. The number of anilines is 1. The molecule has 0 radical (unpaired) electrons. The number of phenolic OH excluding ortho intramolecular Hbond substituents is 1. The number of phenols is 1. The standard InChI is InChI=1S/C17H19F3N5O2PS/c1-10(27-9-28-7-17(18,19)20)6-25-8-22-13-14(25)23-16(21)24-15(13)29-12-5-3-2-4-11(12)26/h2-5,8,10,26,28H,6-7,9H2,1H3,(H2,21,23,24). The normalized spacial score (nSPS) is 13.5. The first-order valence-corrected chi connectivity index (χ1v) is 10.8. The minimum Gasteiger partial charge on any atom is -0.507 e. The van der Waals surface area contributed by atoms with Crippen LogP contribution in [0.5, 0.6) is 5.75 Å². The van der Waals surface area contributed by atoms with Gasteiger partial charge in [0.2, 0.25) is 5.95 Å². The summed E-state index contributed by atoms with van der Waals surface area (Å²) in [4.78, 5) is 13.4. The molecule has 0 saturated carbocycles. The van der Waals surface area contributed by atoms with Crippen LogP contribution in [0.2, 0.25) is 0 Å². The van der Waals surface area contributed by atoms with Crippen molar-refractivity contribution in [3.8, 4) is 5.75 Å². The highest BCUT2D eigenvalue weighted by molar-refractivity contribution is 7.99. The van der Waals surface area contributed by atoms with E-state index in [0.29, 0.717) is 27.6 Å². The Morgan fingerprint density at radius 2 is 2.07 bits per heavy atom. The van der Waals surface area contributed by atoms with Crippen molar-refractivity contribution in [1.29, 1.82) is 0 Å². The van der Waals surface area contributed by atoms with Gasteiger partial charge < -0.3 is 20.1 Å². The SMILES string of the molecule is CC(Cn1cnc2c(Sc3ccccc3O)nc(N)nc21)OCPCC(F)(F)F. The van der Waals surface area contributed by atoms with Crippen molar-refractivity contribution in [1.82, 2.24) is 19.5 Å². The highest BCUT2D eigenvalue weighted by Crippen LogP contribution is 2.36. The molecule has 3 N–H and O–H groups in total. The Balaban J connectivity index is 1.72. The van der Waals surface area contributed by atoms with E-state index in [2.05, 4.69) is 15.0 Å². The van der Waals surface area contributed by atoms with Gasteiger partial charge >= 0.3 is 6.18 Å². The lowest BCUT2D eigenvalue weighted by Crippen LogP contribution is -2.17. The summed E-state index contributed by atoms with van der Waals surface area (Å²) in [5.41, 5.74) is 6.84. The molecular formula is C17H19F3N5O2PS. The highest BCUT2D eigenvalue weighted by Gasteiger charge is 2.26. The van der Waals surface area contributed by atoms with Gasteiger partial charge in [-0.3, -0.25) is 0 Å². The molecule has 3 aromatic rings.